The molecule has 0 saturated carbocycles. The second-order valence-electron chi connectivity index (χ2n) is 5.95. The summed E-state index contributed by atoms with van der Waals surface area (Å²) in [5.41, 5.74) is -0.119. The molecule has 1 aromatic carbocycles. The fraction of sp³-hybridized carbons (Fsp3) is 0.625. The molecule has 22 heavy (non-hydrogen) atoms. The summed E-state index contributed by atoms with van der Waals surface area (Å²) in [6, 6.07) is 5.26. The summed E-state index contributed by atoms with van der Waals surface area (Å²) in [5, 5.41) is 13.0. The Morgan fingerprint density at radius 3 is 2.32 bits per heavy atom. The van der Waals surface area contributed by atoms with Gasteiger partial charge in [-0.1, -0.05) is 19.1 Å². The summed E-state index contributed by atoms with van der Waals surface area (Å²) in [4.78, 5) is 0. The van der Waals surface area contributed by atoms with Gasteiger partial charge in [0.05, 0.1) is 12.2 Å². The molecule has 0 aliphatic carbocycles. The maximum absolute atomic E-state index is 12.6. The quantitative estimate of drug-likeness (QED) is 0.877. The van der Waals surface area contributed by atoms with Gasteiger partial charge in [0.25, 0.3) is 0 Å². The Kier molecular flexibility index (Phi) is 5.47. The lowest BCUT2D eigenvalue weighted by Crippen LogP contribution is -2.53. The number of nitrogens with one attached hydrogen (secondary N) is 1. The van der Waals surface area contributed by atoms with Gasteiger partial charge in [-0.15, -0.1) is 0 Å². The molecule has 1 saturated heterocycles. The van der Waals surface area contributed by atoms with E-state index in [0.717, 1.165) is 30.5 Å². The average Bonchev–Trinajstić information content (AvgIpc) is 2.53. The van der Waals surface area contributed by atoms with E-state index in [0.29, 0.717) is 19.8 Å². The normalized spacial score (nSPS) is 19.9. The fourth-order valence-corrected chi connectivity index (χ4v) is 2.64. The number of rotatable bonds is 5. The van der Waals surface area contributed by atoms with Crippen molar-refractivity contribution in [2.24, 2.45) is 0 Å². The highest BCUT2D eigenvalue weighted by atomic mass is 19.4. The molecule has 6 heteroatoms. The largest absolute Gasteiger partial charge is 0.416 e. The lowest BCUT2D eigenvalue weighted by Gasteiger charge is -2.37. The minimum atomic E-state index is -4.30. The third-order valence-electron chi connectivity index (χ3n) is 4.34. The molecule has 0 bridgehead atoms. The second-order valence-corrected chi connectivity index (χ2v) is 5.95. The van der Waals surface area contributed by atoms with E-state index in [1.807, 2.05) is 6.92 Å². The van der Waals surface area contributed by atoms with Gasteiger partial charge in [0.2, 0.25) is 0 Å². The molecule has 1 heterocycles. The van der Waals surface area contributed by atoms with E-state index >= 15 is 0 Å². The molecule has 3 nitrogen and oxygen atoms in total. The summed E-state index contributed by atoms with van der Waals surface area (Å²) in [6.07, 6.45) is -2.82. The predicted octanol–water partition coefficient (Wildman–Crippen LogP) is 2.94. The Morgan fingerprint density at radius 1 is 1.23 bits per heavy atom. The number of benzene rings is 1. The summed E-state index contributed by atoms with van der Waals surface area (Å²) in [7, 11) is 0. The van der Waals surface area contributed by atoms with Crippen LogP contribution in [0.25, 0.3) is 0 Å². The van der Waals surface area contributed by atoms with Crippen LogP contribution in [0, 0.1) is 0 Å². The van der Waals surface area contributed by atoms with Crippen molar-refractivity contribution in [1.82, 2.24) is 5.32 Å². The van der Waals surface area contributed by atoms with Crippen LogP contribution >= 0.6 is 0 Å². The number of alkyl halides is 3. The number of halogens is 3. The van der Waals surface area contributed by atoms with E-state index in [9.17, 15) is 18.3 Å². The molecule has 0 radical (unpaired) electrons. The highest BCUT2D eigenvalue weighted by Crippen LogP contribution is 2.30. The number of hydrogen-bond acceptors (Lipinski definition) is 3. The standard InChI is InChI=1S/C16H22F3NO2/c1-12(10-20-15(11-21)6-8-22-9-7-15)13-2-4-14(5-3-13)16(17,18)19/h2-5,12,20-21H,6-11H2,1H3/t12-/m0/s1. The first-order valence-electron chi connectivity index (χ1n) is 7.47. The number of aliphatic hydroxyl groups is 1. The number of ether oxygens (including phenoxy) is 1. The Morgan fingerprint density at radius 2 is 1.82 bits per heavy atom. The maximum Gasteiger partial charge on any atom is 0.416 e. The summed E-state index contributed by atoms with van der Waals surface area (Å²) in [5.74, 6) is 0.0635. The molecule has 0 aromatic heterocycles. The van der Waals surface area contributed by atoms with Crippen LogP contribution in [0.1, 0.15) is 36.8 Å². The maximum atomic E-state index is 12.6. The van der Waals surface area contributed by atoms with E-state index in [1.165, 1.54) is 12.1 Å². The van der Waals surface area contributed by atoms with Gasteiger partial charge in [0.15, 0.2) is 0 Å². The van der Waals surface area contributed by atoms with Gasteiger partial charge < -0.3 is 15.2 Å². The smallest absolute Gasteiger partial charge is 0.394 e. The number of hydrogen-bond donors (Lipinski definition) is 2. The molecule has 1 aliphatic heterocycles. The van der Waals surface area contributed by atoms with Crippen molar-refractivity contribution in [3.63, 3.8) is 0 Å². The minimum Gasteiger partial charge on any atom is -0.394 e. The molecule has 1 atom stereocenters. The van der Waals surface area contributed by atoms with E-state index in [2.05, 4.69) is 5.32 Å². The summed E-state index contributed by atoms with van der Waals surface area (Å²) in [6.45, 7) is 3.83. The zero-order chi connectivity index (χ0) is 16.2. The molecular formula is C16H22F3NO2. The van der Waals surface area contributed by atoms with Crippen molar-refractivity contribution in [2.45, 2.75) is 37.4 Å². The van der Waals surface area contributed by atoms with Gasteiger partial charge in [-0.2, -0.15) is 13.2 Å². The molecule has 2 rings (SSSR count). The SMILES string of the molecule is C[C@@H](CNC1(CO)CCOCC1)c1ccc(C(F)(F)F)cc1. The van der Waals surface area contributed by atoms with Gasteiger partial charge in [0, 0.05) is 25.3 Å². The van der Waals surface area contributed by atoms with Crippen LogP contribution in [0.5, 0.6) is 0 Å². The molecule has 1 aliphatic rings. The number of aliphatic hydroxyl groups excluding tert-OH is 1. The first-order chi connectivity index (χ1) is 10.4. The molecule has 0 amide bonds. The van der Waals surface area contributed by atoms with Crippen LogP contribution < -0.4 is 5.32 Å². The Labute approximate surface area is 128 Å². The lowest BCUT2D eigenvalue weighted by atomic mass is 9.89. The van der Waals surface area contributed by atoms with Crippen molar-refractivity contribution >= 4 is 0 Å². The molecule has 1 fully saturated rings. The van der Waals surface area contributed by atoms with Gasteiger partial charge in [-0.25, -0.2) is 0 Å². The Bertz CT molecular complexity index is 467. The average molecular weight is 317 g/mol. The molecule has 124 valence electrons. The Hall–Kier alpha value is -1.11. The monoisotopic (exact) mass is 317 g/mol. The predicted molar refractivity (Wildman–Crippen MR) is 77.7 cm³/mol. The van der Waals surface area contributed by atoms with Crippen LogP contribution in [0.3, 0.4) is 0 Å². The van der Waals surface area contributed by atoms with Crippen LogP contribution in [-0.2, 0) is 10.9 Å². The summed E-state index contributed by atoms with van der Waals surface area (Å²) >= 11 is 0. The van der Waals surface area contributed by atoms with E-state index in [4.69, 9.17) is 4.74 Å². The second kappa shape index (κ2) is 6.98. The van der Waals surface area contributed by atoms with Crippen molar-refractivity contribution in [2.75, 3.05) is 26.4 Å². The third kappa shape index (κ3) is 4.21. The zero-order valence-electron chi connectivity index (χ0n) is 12.6. The molecular weight excluding hydrogens is 295 g/mol. The molecule has 1 aromatic rings. The Balaban J connectivity index is 1.95. The van der Waals surface area contributed by atoms with E-state index in [-0.39, 0.29) is 18.1 Å². The third-order valence-corrected chi connectivity index (χ3v) is 4.34. The van der Waals surface area contributed by atoms with Crippen LogP contribution in [0.4, 0.5) is 13.2 Å². The highest BCUT2D eigenvalue weighted by molar-refractivity contribution is 5.27. The van der Waals surface area contributed by atoms with Crippen LogP contribution in [0.2, 0.25) is 0 Å². The van der Waals surface area contributed by atoms with Gasteiger partial charge in [0.1, 0.15) is 0 Å². The van der Waals surface area contributed by atoms with Crippen LogP contribution in [0.15, 0.2) is 24.3 Å². The first-order valence-corrected chi connectivity index (χ1v) is 7.47. The van der Waals surface area contributed by atoms with Crippen LogP contribution in [-0.4, -0.2) is 37.0 Å². The zero-order valence-corrected chi connectivity index (χ0v) is 12.6. The molecule has 0 spiro atoms. The van der Waals surface area contributed by atoms with Crippen molar-refractivity contribution in [1.29, 1.82) is 0 Å². The fourth-order valence-electron chi connectivity index (χ4n) is 2.64. The van der Waals surface area contributed by atoms with Gasteiger partial charge >= 0.3 is 6.18 Å². The van der Waals surface area contributed by atoms with Gasteiger partial charge in [-0.3, -0.25) is 0 Å². The van der Waals surface area contributed by atoms with Gasteiger partial charge in [-0.05, 0) is 36.5 Å². The minimum absolute atomic E-state index is 0.0378. The first kappa shape index (κ1) is 17.2. The van der Waals surface area contributed by atoms with Crippen molar-refractivity contribution < 1.29 is 23.0 Å². The summed E-state index contributed by atoms with van der Waals surface area (Å²) < 4.78 is 43.0. The highest BCUT2D eigenvalue weighted by Gasteiger charge is 2.32. The van der Waals surface area contributed by atoms with Crippen molar-refractivity contribution in [3.8, 4) is 0 Å². The lowest BCUT2D eigenvalue weighted by molar-refractivity contribution is -0.137. The van der Waals surface area contributed by atoms with E-state index < -0.39 is 11.7 Å². The molecule has 2 N–H and O–H groups in total. The van der Waals surface area contributed by atoms with Crippen molar-refractivity contribution in [3.05, 3.63) is 35.4 Å². The topological polar surface area (TPSA) is 41.5 Å². The van der Waals surface area contributed by atoms with E-state index in [1.54, 1.807) is 0 Å². The molecule has 0 unspecified atom stereocenters.